The first-order valence-electron chi connectivity index (χ1n) is 6.09. The van der Waals surface area contributed by atoms with E-state index in [4.69, 9.17) is 11.6 Å². The molecule has 0 heterocycles. The Labute approximate surface area is 112 Å². The molecule has 0 atom stereocenters. The summed E-state index contributed by atoms with van der Waals surface area (Å²) >= 11 is 5.84. The minimum atomic E-state index is 0.595. The van der Waals surface area contributed by atoms with Gasteiger partial charge in [0.25, 0.3) is 0 Å². The monoisotopic (exact) mass is 261 g/mol. The third-order valence-electron chi connectivity index (χ3n) is 3.14. The van der Waals surface area contributed by atoms with Crippen molar-refractivity contribution in [2.75, 3.05) is 23.9 Å². The molecule has 2 rings (SSSR count). The van der Waals surface area contributed by atoms with Gasteiger partial charge >= 0.3 is 0 Å². The molecule has 94 valence electrons. The maximum absolute atomic E-state index is 11.1. The average molecular weight is 262 g/mol. The van der Waals surface area contributed by atoms with Gasteiger partial charge in [-0.05, 0) is 24.4 Å². The number of nitrogens with zero attached hydrogens (tertiary/aromatic N) is 1. The van der Waals surface area contributed by atoms with E-state index >= 15 is 0 Å². The van der Waals surface area contributed by atoms with Gasteiger partial charge in [0, 0.05) is 35.6 Å². The number of rotatable bonds is 5. The number of hydrogen-bond donors (Lipinski definition) is 0. The molecule has 0 amide bonds. The first-order chi connectivity index (χ1) is 8.81. The summed E-state index contributed by atoms with van der Waals surface area (Å²) in [7, 11) is 0. The fraction of sp³-hybridized carbons (Fsp3) is 0.267. The molecule has 0 aliphatic heterocycles. The number of hydrogen-bond acceptors (Lipinski definition) is 2. The van der Waals surface area contributed by atoms with Crippen molar-refractivity contribution in [2.24, 2.45) is 0 Å². The highest BCUT2D eigenvalue weighted by Gasteiger charge is 2.10. The maximum atomic E-state index is 11.1. The van der Waals surface area contributed by atoms with Crippen LogP contribution in [0.5, 0.6) is 0 Å². The molecule has 0 fully saturated rings. The van der Waals surface area contributed by atoms with Gasteiger partial charge in [-0.1, -0.05) is 24.3 Å². The van der Waals surface area contributed by atoms with E-state index in [1.165, 1.54) is 0 Å². The van der Waals surface area contributed by atoms with Gasteiger partial charge in [0.05, 0.1) is 0 Å². The highest BCUT2D eigenvalue weighted by molar-refractivity contribution is 6.18. The second-order valence-corrected chi connectivity index (χ2v) is 4.48. The van der Waals surface area contributed by atoms with E-state index in [-0.39, 0.29) is 0 Å². The minimum Gasteiger partial charge on any atom is -0.370 e. The molecule has 0 radical (unpaired) electrons. The number of aldehydes is 1. The quantitative estimate of drug-likeness (QED) is 0.604. The highest BCUT2D eigenvalue weighted by atomic mass is 35.5. The molecule has 2 aromatic carbocycles. The Morgan fingerprint density at radius 3 is 2.50 bits per heavy atom. The fourth-order valence-corrected chi connectivity index (χ4v) is 2.44. The van der Waals surface area contributed by atoms with Gasteiger partial charge in [0.1, 0.15) is 0 Å². The fourth-order valence-electron chi connectivity index (χ4n) is 2.24. The standard InChI is InChI=1S/C15H16ClNO/c1-2-17(10-9-16)15-8-7-12(11-18)13-5-3-4-6-14(13)15/h3-8,11H,2,9-10H2,1H3. The zero-order valence-corrected chi connectivity index (χ0v) is 11.2. The SMILES string of the molecule is CCN(CCCl)c1ccc(C=O)c2ccccc12. The van der Waals surface area contributed by atoms with E-state index < -0.39 is 0 Å². The predicted octanol–water partition coefficient (Wildman–Crippen LogP) is 3.72. The van der Waals surface area contributed by atoms with Crippen LogP contribution < -0.4 is 4.90 Å². The zero-order chi connectivity index (χ0) is 13.0. The van der Waals surface area contributed by atoms with Gasteiger partial charge in [0.15, 0.2) is 6.29 Å². The molecule has 0 aliphatic rings. The molecular formula is C15H16ClNO. The van der Waals surface area contributed by atoms with Crippen LogP contribution in [0.3, 0.4) is 0 Å². The summed E-state index contributed by atoms with van der Waals surface area (Å²) in [4.78, 5) is 13.3. The third-order valence-corrected chi connectivity index (χ3v) is 3.31. The van der Waals surface area contributed by atoms with Crippen LogP contribution in [0.25, 0.3) is 10.8 Å². The number of fused-ring (bicyclic) bond motifs is 1. The van der Waals surface area contributed by atoms with Gasteiger partial charge < -0.3 is 4.90 Å². The van der Waals surface area contributed by atoms with E-state index in [0.29, 0.717) is 5.88 Å². The number of halogens is 1. The van der Waals surface area contributed by atoms with Crippen LogP contribution in [0.2, 0.25) is 0 Å². The molecule has 0 spiro atoms. The highest BCUT2D eigenvalue weighted by Crippen LogP contribution is 2.28. The Bertz CT molecular complexity index is 553. The van der Waals surface area contributed by atoms with Crippen LogP contribution in [0.4, 0.5) is 5.69 Å². The average Bonchev–Trinajstić information content (AvgIpc) is 2.44. The predicted molar refractivity (Wildman–Crippen MR) is 77.9 cm³/mol. The Morgan fingerprint density at radius 1 is 1.17 bits per heavy atom. The summed E-state index contributed by atoms with van der Waals surface area (Å²) in [5.74, 6) is 0.595. The summed E-state index contributed by atoms with van der Waals surface area (Å²) in [5, 5.41) is 2.10. The molecular weight excluding hydrogens is 246 g/mol. The molecule has 0 saturated heterocycles. The molecule has 3 heteroatoms. The Morgan fingerprint density at radius 2 is 1.89 bits per heavy atom. The molecule has 0 saturated carbocycles. The van der Waals surface area contributed by atoms with Gasteiger partial charge in [-0.15, -0.1) is 11.6 Å². The van der Waals surface area contributed by atoms with Gasteiger partial charge in [-0.2, -0.15) is 0 Å². The van der Waals surface area contributed by atoms with Crippen molar-refractivity contribution in [3.05, 3.63) is 42.0 Å². The van der Waals surface area contributed by atoms with Gasteiger partial charge in [-0.3, -0.25) is 4.79 Å². The Hall–Kier alpha value is -1.54. The van der Waals surface area contributed by atoms with Crippen molar-refractivity contribution >= 4 is 34.3 Å². The largest absolute Gasteiger partial charge is 0.370 e. The zero-order valence-electron chi connectivity index (χ0n) is 10.4. The van der Waals surface area contributed by atoms with E-state index in [1.807, 2.05) is 30.3 Å². The lowest BCUT2D eigenvalue weighted by Gasteiger charge is -2.24. The van der Waals surface area contributed by atoms with Crippen LogP contribution in [0, 0.1) is 0 Å². The number of carbonyl (C=O) groups is 1. The maximum Gasteiger partial charge on any atom is 0.150 e. The van der Waals surface area contributed by atoms with Crippen LogP contribution in [0.1, 0.15) is 17.3 Å². The number of anilines is 1. The first-order valence-corrected chi connectivity index (χ1v) is 6.63. The van der Waals surface area contributed by atoms with E-state index in [9.17, 15) is 4.79 Å². The molecule has 2 nitrogen and oxygen atoms in total. The van der Waals surface area contributed by atoms with Crippen LogP contribution in [0.15, 0.2) is 36.4 Å². The molecule has 2 aromatic rings. The van der Waals surface area contributed by atoms with Crippen molar-refractivity contribution in [3.63, 3.8) is 0 Å². The van der Waals surface area contributed by atoms with E-state index in [0.717, 1.165) is 41.4 Å². The molecule has 0 aromatic heterocycles. The van der Waals surface area contributed by atoms with Gasteiger partial charge in [0.2, 0.25) is 0 Å². The van der Waals surface area contributed by atoms with E-state index in [2.05, 4.69) is 17.9 Å². The molecule has 0 aliphatic carbocycles. The number of carbonyl (C=O) groups excluding carboxylic acids is 1. The molecule has 18 heavy (non-hydrogen) atoms. The summed E-state index contributed by atoms with van der Waals surface area (Å²) in [6.45, 7) is 3.81. The second kappa shape index (κ2) is 5.87. The third kappa shape index (κ3) is 2.34. The summed E-state index contributed by atoms with van der Waals surface area (Å²) in [6, 6.07) is 11.9. The normalized spacial score (nSPS) is 10.6. The van der Waals surface area contributed by atoms with E-state index in [1.54, 1.807) is 0 Å². The smallest absolute Gasteiger partial charge is 0.150 e. The molecule has 0 unspecified atom stereocenters. The Kier molecular flexibility index (Phi) is 4.21. The lowest BCUT2D eigenvalue weighted by Crippen LogP contribution is -2.25. The molecule has 0 N–H and O–H groups in total. The van der Waals surface area contributed by atoms with Crippen LogP contribution >= 0.6 is 11.6 Å². The Balaban J connectivity index is 2.61. The second-order valence-electron chi connectivity index (χ2n) is 4.11. The molecule has 0 bridgehead atoms. The minimum absolute atomic E-state index is 0.595. The van der Waals surface area contributed by atoms with Crippen molar-refractivity contribution in [1.82, 2.24) is 0 Å². The van der Waals surface area contributed by atoms with Crippen molar-refractivity contribution in [3.8, 4) is 0 Å². The number of benzene rings is 2. The number of alkyl halides is 1. The van der Waals surface area contributed by atoms with Crippen molar-refractivity contribution in [1.29, 1.82) is 0 Å². The lowest BCUT2D eigenvalue weighted by molar-refractivity contribution is 0.112. The first kappa shape index (κ1) is 12.9. The lowest BCUT2D eigenvalue weighted by atomic mass is 10.0. The van der Waals surface area contributed by atoms with Crippen LogP contribution in [-0.2, 0) is 0 Å². The van der Waals surface area contributed by atoms with Crippen LogP contribution in [-0.4, -0.2) is 25.3 Å². The topological polar surface area (TPSA) is 20.3 Å². The van der Waals surface area contributed by atoms with Gasteiger partial charge in [-0.25, -0.2) is 0 Å². The van der Waals surface area contributed by atoms with Crippen molar-refractivity contribution < 1.29 is 4.79 Å². The summed E-state index contributed by atoms with van der Waals surface area (Å²) in [6.07, 6.45) is 0.907. The summed E-state index contributed by atoms with van der Waals surface area (Å²) < 4.78 is 0. The summed E-state index contributed by atoms with van der Waals surface area (Å²) in [5.41, 5.74) is 1.87. The van der Waals surface area contributed by atoms with Crippen molar-refractivity contribution in [2.45, 2.75) is 6.92 Å².